The van der Waals surface area contributed by atoms with Gasteiger partial charge < -0.3 is 4.74 Å². The van der Waals surface area contributed by atoms with Gasteiger partial charge in [0.1, 0.15) is 5.60 Å². The molecule has 1 aliphatic heterocycles. The third-order valence-electron chi connectivity index (χ3n) is 2.21. The lowest BCUT2D eigenvalue weighted by Crippen LogP contribution is -2.01. The van der Waals surface area contributed by atoms with Gasteiger partial charge in [-0.1, -0.05) is 29.8 Å². The van der Waals surface area contributed by atoms with E-state index in [1.54, 1.807) is 0 Å². The molecule has 2 rings (SSSR count). The third-order valence-corrected chi connectivity index (χ3v) is 2.21. The second kappa shape index (κ2) is 2.08. The second-order valence-electron chi connectivity index (χ2n) is 3.39. The number of epoxide rings is 1. The molecular weight excluding hydrogens is 136 g/mol. The molecule has 0 spiro atoms. The van der Waals surface area contributed by atoms with Crippen molar-refractivity contribution >= 4 is 0 Å². The van der Waals surface area contributed by atoms with Crippen LogP contribution >= 0.6 is 0 Å². The van der Waals surface area contributed by atoms with Gasteiger partial charge in [0, 0.05) is 0 Å². The van der Waals surface area contributed by atoms with Crippen LogP contribution < -0.4 is 0 Å². The van der Waals surface area contributed by atoms with Crippen molar-refractivity contribution in [2.24, 2.45) is 0 Å². The zero-order chi connectivity index (χ0) is 7.90. The molecule has 0 radical (unpaired) electrons. The summed E-state index contributed by atoms with van der Waals surface area (Å²) >= 11 is 0. The smallest absolute Gasteiger partial charge is 0.114 e. The summed E-state index contributed by atoms with van der Waals surface area (Å²) in [5.41, 5.74) is 2.64. The monoisotopic (exact) mass is 148 g/mol. The number of hydrogen-bond donors (Lipinski definition) is 0. The van der Waals surface area contributed by atoms with Crippen LogP contribution in [0.1, 0.15) is 18.1 Å². The lowest BCUT2D eigenvalue weighted by molar-refractivity contribution is 0.329. The molecule has 1 heterocycles. The molecule has 1 nitrogen and oxygen atoms in total. The van der Waals surface area contributed by atoms with Crippen molar-refractivity contribution in [1.29, 1.82) is 0 Å². The Bertz CT molecular complexity index is 274. The van der Waals surface area contributed by atoms with Crippen LogP contribution in [0.4, 0.5) is 0 Å². The molecule has 11 heavy (non-hydrogen) atoms. The van der Waals surface area contributed by atoms with E-state index in [0.717, 1.165) is 6.61 Å². The van der Waals surface area contributed by atoms with Crippen LogP contribution in [0, 0.1) is 6.92 Å². The molecule has 1 fully saturated rings. The van der Waals surface area contributed by atoms with E-state index in [2.05, 4.69) is 38.1 Å². The molecule has 1 aromatic carbocycles. The van der Waals surface area contributed by atoms with Crippen molar-refractivity contribution < 1.29 is 4.74 Å². The normalized spacial score (nSPS) is 28.5. The van der Waals surface area contributed by atoms with Gasteiger partial charge in [-0.2, -0.15) is 0 Å². The lowest BCUT2D eigenvalue weighted by atomic mass is 10.0. The second-order valence-corrected chi connectivity index (χ2v) is 3.39. The maximum Gasteiger partial charge on any atom is 0.114 e. The molecule has 1 saturated heterocycles. The number of hydrogen-bond acceptors (Lipinski definition) is 1. The maximum absolute atomic E-state index is 5.34. The third kappa shape index (κ3) is 1.16. The van der Waals surface area contributed by atoms with Crippen molar-refractivity contribution in [2.75, 3.05) is 6.61 Å². The van der Waals surface area contributed by atoms with Gasteiger partial charge in [-0.25, -0.2) is 0 Å². The van der Waals surface area contributed by atoms with Gasteiger partial charge in [-0.3, -0.25) is 0 Å². The summed E-state index contributed by atoms with van der Waals surface area (Å²) in [6, 6.07) is 8.50. The summed E-state index contributed by atoms with van der Waals surface area (Å²) in [6.07, 6.45) is 0. The Kier molecular flexibility index (Phi) is 1.30. The van der Waals surface area contributed by atoms with Crippen LogP contribution in [-0.2, 0) is 10.3 Å². The van der Waals surface area contributed by atoms with E-state index in [0.29, 0.717) is 0 Å². The van der Waals surface area contributed by atoms with Crippen LogP contribution in [0.5, 0.6) is 0 Å². The minimum Gasteiger partial charge on any atom is -0.365 e. The Morgan fingerprint density at radius 1 is 1.45 bits per heavy atom. The molecule has 1 unspecified atom stereocenters. The standard InChI is InChI=1S/C10H12O/c1-8-4-3-5-9(6-8)10(2)7-11-10/h3-6H,7H2,1-2H3. The first kappa shape index (κ1) is 6.86. The highest BCUT2D eigenvalue weighted by atomic mass is 16.6. The number of rotatable bonds is 1. The van der Waals surface area contributed by atoms with Crippen molar-refractivity contribution in [3.05, 3.63) is 35.4 Å². The zero-order valence-electron chi connectivity index (χ0n) is 6.92. The number of benzene rings is 1. The Morgan fingerprint density at radius 2 is 2.18 bits per heavy atom. The number of ether oxygens (including phenoxy) is 1. The van der Waals surface area contributed by atoms with E-state index in [1.807, 2.05) is 0 Å². The first-order valence-corrected chi connectivity index (χ1v) is 3.92. The van der Waals surface area contributed by atoms with Gasteiger partial charge in [0.05, 0.1) is 6.61 Å². The molecule has 0 saturated carbocycles. The van der Waals surface area contributed by atoms with Gasteiger partial charge in [0.2, 0.25) is 0 Å². The molecule has 1 heteroatoms. The van der Waals surface area contributed by atoms with E-state index in [9.17, 15) is 0 Å². The molecule has 0 N–H and O–H groups in total. The molecular formula is C10H12O. The van der Waals surface area contributed by atoms with E-state index < -0.39 is 0 Å². The highest BCUT2D eigenvalue weighted by molar-refractivity contribution is 5.29. The molecule has 1 atom stereocenters. The molecule has 1 aromatic rings. The van der Waals surface area contributed by atoms with Crippen molar-refractivity contribution in [3.8, 4) is 0 Å². The number of aryl methyl sites for hydroxylation is 1. The first-order valence-electron chi connectivity index (χ1n) is 3.92. The van der Waals surface area contributed by atoms with Crippen LogP contribution in [0.3, 0.4) is 0 Å². The molecule has 58 valence electrons. The summed E-state index contributed by atoms with van der Waals surface area (Å²) in [6.45, 7) is 5.10. The predicted molar refractivity (Wildman–Crippen MR) is 44.5 cm³/mol. The van der Waals surface area contributed by atoms with Gasteiger partial charge in [-0.15, -0.1) is 0 Å². The summed E-state index contributed by atoms with van der Waals surface area (Å²) in [5.74, 6) is 0. The fraction of sp³-hybridized carbons (Fsp3) is 0.400. The Labute approximate surface area is 67.0 Å². The Balaban J connectivity index is 2.38. The van der Waals surface area contributed by atoms with Gasteiger partial charge in [-0.05, 0) is 19.4 Å². The van der Waals surface area contributed by atoms with Gasteiger partial charge in [0.25, 0.3) is 0 Å². The zero-order valence-corrected chi connectivity index (χ0v) is 6.92. The molecule has 0 bridgehead atoms. The van der Waals surface area contributed by atoms with Crippen LogP contribution in [0.25, 0.3) is 0 Å². The van der Waals surface area contributed by atoms with E-state index >= 15 is 0 Å². The van der Waals surface area contributed by atoms with Gasteiger partial charge >= 0.3 is 0 Å². The van der Waals surface area contributed by atoms with Crippen molar-refractivity contribution in [3.63, 3.8) is 0 Å². The quantitative estimate of drug-likeness (QED) is 0.556. The average molecular weight is 148 g/mol. The highest BCUT2D eigenvalue weighted by Crippen LogP contribution is 2.37. The topological polar surface area (TPSA) is 12.5 Å². The molecule has 0 amide bonds. The Morgan fingerprint density at radius 3 is 2.73 bits per heavy atom. The molecule has 0 aromatic heterocycles. The van der Waals surface area contributed by atoms with E-state index in [4.69, 9.17) is 4.74 Å². The summed E-state index contributed by atoms with van der Waals surface area (Å²) < 4.78 is 5.34. The predicted octanol–water partition coefficient (Wildman–Crippen LogP) is 2.24. The van der Waals surface area contributed by atoms with E-state index in [1.165, 1.54) is 11.1 Å². The van der Waals surface area contributed by atoms with E-state index in [-0.39, 0.29) is 5.60 Å². The summed E-state index contributed by atoms with van der Waals surface area (Å²) in [5, 5.41) is 0. The SMILES string of the molecule is Cc1cccc(C2(C)CO2)c1. The summed E-state index contributed by atoms with van der Waals surface area (Å²) in [7, 11) is 0. The highest BCUT2D eigenvalue weighted by Gasteiger charge is 2.40. The van der Waals surface area contributed by atoms with Crippen LogP contribution in [0.2, 0.25) is 0 Å². The fourth-order valence-electron chi connectivity index (χ4n) is 1.25. The maximum atomic E-state index is 5.34. The van der Waals surface area contributed by atoms with Crippen molar-refractivity contribution in [2.45, 2.75) is 19.4 Å². The Hall–Kier alpha value is -0.820. The minimum absolute atomic E-state index is 0.0338. The lowest BCUT2D eigenvalue weighted by Gasteiger charge is -2.04. The van der Waals surface area contributed by atoms with Crippen LogP contribution in [0.15, 0.2) is 24.3 Å². The fourth-order valence-corrected chi connectivity index (χ4v) is 1.25. The summed E-state index contributed by atoms with van der Waals surface area (Å²) in [4.78, 5) is 0. The van der Waals surface area contributed by atoms with Crippen LogP contribution in [-0.4, -0.2) is 6.61 Å². The minimum atomic E-state index is 0.0338. The largest absolute Gasteiger partial charge is 0.365 e. The first-order chi connectivity index (χ1) is 5.21. The molecule has 1 aliphatic rings. The average Bonchev–Trinajstić information content (AvgIpc) is 2.70. The van der Waals surface area contributed by atoms with Gasteiger partial charge in [0.15, 0.2) is 0 Å². The van der Waals surface area contributed by atoms with Crippen molar-refractivity contribution in [1.82, 2.24) is 0 Å². The molecule has 0 aliphatic carbocycles.